The molecule has 0 aliphatic carbocycles. The average molecular weight is 243 g/mol. The molecule has 0 aromatic heterocycles. The first kappa shape index (κ1) is 14.9. The second-order valence-corrected chi connectivity index (χ2v) is 3.90. The van der Waals surface area contributed by atoms with Crippen LogP contribution in [0.1, 0.15) is 25.5 Å². The lowest BCUT2D eigenvalue weighted by atomic mass is 9.96. The molecule has 0 fully saturated rings. The molecule has 0 saturated carbocycles. The van der Waals surface area contributed by atoms with Crippen LogP contribution in [0.3, 0.4) is 0 Å². The third-order valence-corrected chi connectivity index (χ3v) is 2.33. The molecule has 90 valence electrons. The molecule has 1 rings (SSSR count). The van der Waals surface area contributed by atoms with Crippen LogP contribution in [-0.4, -0.2) is 12.5 Å². The van der Waals surface area contributed by atoms with Crippen LogP contribution >= 0.6 is 12.4 Å². The molecular weight excluding hydrogens is 224 g/mol. The Morgan fingerprint density at radius 2 is 1.88 bits per heavy atom. The van der Waals surface area contributed by atoms with Crippen LogP contribution < -0.4 is 11.1 Å². The molecule has 1 unspecified atom stereocenters. The first-order valence-electron chi connectivity index (χ1n) is 5.19. The van der Waals surface area contributed by atoms with Gasteiger partial charge in [-0.1, -0.05) is 44.2 Å². The number of nitrogens with two attached hydrogens (primary N) is 1. The number of carbonyl (C=O) groups is 1. The van der Waals surface area contributed by atoms with Gasteiger partial charge in [-0.3, -0.25) is 4.79 Å². The first-order chi connectivity index (χ1) is 7.15. The van der Waals surface area contributed by atoms with Gasteiger partial charge < -0.3 is 11.1 Å². The monoisotopic (exact) mass is 242 g/mol. The molecule has 1 aromatic rings. The van der Waals surface area contributed by atoms with Gasteiger partial charge in [0.25, 0.3) is 0 Å². The molecule has 3 N–H and O–H groups in total. The Morgan fingerprint density at radius 1 is 1.31 bits per heavy atom. The molecule has 4 heteroatoms. The Morgan fingerprint density at radius 3 is 2.31 bits per heavy atom. The topological polar surface area (TPSA) is 55.1 Å². The van der Waals surface area contributed by atoms with Gasteiger partial charge in [0.05, 0.1) is 12.6 Å². The molecule has 1 atom stereocenters. The van der Waals surface area contributed by atoms with Crippen molar-refractivity contribution < 1.29 is 4.79 Å². The molecule has 0 bridgehead atoms. The van der Waals surface area contributed by atoms with E-state index in [-0.39, 0.29) is 30.9 Å². The zero-order valence-electron chi connectivity index (χ0n) is 9.64. The quantitative estimate of drug-likeness (QED) is 0.847. The van der Waals surface area contributed by atoms with Crippen molar-refractivity contribution in [1.82, 2.24) is 5.32 Å². The second-order valence-electron chi connectivity index (χ2n) is 3.90. The molecule has 0 saturated heterocycles. The van der Waals surface area contributed by atoms with Gasteiger partial charge in [0.2, 0.25) is 5.91 Å². The van der Waals surface area contributed by atoms with Gasteiger partial charge >= 0.3 is 0 Å². The minimum absolute atomic E-state index is 0. The predicted molar refractivity (Wildman–Crippen MR) is 68.5 cm³/mol. The first-order valence-corrected chi connectivity index (χ1v) is 5.19. The van der Waals surface area contributed by atoms with E-state index in [9.17, 15) is 4.79 Å². The lowest BCUT2D eigenvalue weighted by Crippen LogP contribution is -2.36. The van der Waals surface area contributed by atoms with Crippen molar-refractivity contribution in [2.24, 2.45) is 11.7 Å². The zero-order chi connectivity index (χ0) is 11.3. The van der Waals surface area contributed by atoms with E-state index in [1.54, 1.807) is 0 Å². The van der Waals surface area contributed by atoms with Crippen LogP contribution in [0.5, 0.6) is 0 Å². The highest BCUT2D eigenvalue weighted by Gasteiger charge is 2.16. The number of benzene rings is 1. The van der Waals surface area contributed by atoms with E-state index in [0.717, 1.165) is 5.56 Å². The smallest absolute Gasteiger partial charge is 0.234 e. The predicted octanol–water partition coefficient (Wildman–Crippen LogP) is 1.88. The molecule has 16 heavy (non-hydrogen) atoms. The Labute approximate surface area is 103 Å². The number of hydrogen-bond donors (Lipinski definition) is 2. The summed E-state index contributed by atoms with van der Waals surface area (Å²) in [5.41, 5.74) is 6.41. The van der Waals surface area contributed by atoms with Crippen LogP contribution in [0.4, 0.5) is 0 Å². The van der Waals surface area contributed by atoms with Crippen molar-refractivity contribution in [3.05, 3.63) is 35.9 Å². The summed E-state index contributed by atoms with van der Waals surface area (Å²) >= 11 is 0. The van der Waals surface area contributed by atoms with E-state index >= 15 is 0 Å². The van der Waals surface area contributed by atoms with Crippen LogP contribution in [0.15, 0.2) is 30.3 Å². The Kier molecular flexibility index (Phi) is 6.77. The van der Waals surface area contributed by atoms with Crippen molar-refractivity contribution in [2.45, 2.75) is 19.9 Å². The largest absolute Gasteiger partial charge is 0.348 e. The number of halogens is 1. The summed E-state index contributed by atoms with van der Waals surface area (Å²) in [6, 6.07) is 9.98. The SMILES string of the molecule is CC(C)C(NC(=O)CN)c1ccccc1.Cl. The van der Waals surface area contributed by atoms with Crippen LogP contribution in [-0.2, 0) is 4.79 Å². The lowest BCUT2D eigenvalue weighted by molar-refractivity contribution is -0.120. The molecule has 1 amide bonds. The second kappa shape index (κ2) is 7.25. The molecule has 0 heterocycles. The van der Waals surface area contributed by atoms with Gasteiger partial charge in [0.15, 0.2) is 0 Å². The normalized spacial score (nSPS) is 11.8. The maximum atomic E-state index is 11.3. The number of amides is 1. The van der Waals surface area contributed by atoms with Crippen molar-refractivity contribution in [3.63, 3.8) is 0 Å². The van der Waals surface area contributed by atoms with Crippen LogP contribution in [0.2, 0.25) is 0 Å². The summed E-state index contributed by atoms with van der Waals surface area (Å²) in [5.74, 6) is 0.237. The fraction of sp³-hybridized carbons (Fsp3) is 0.417. The van der Waals surface area contributed by atoms with Gasteiger partial charge in [0.1, 0.15) is 0 Å². The van der Waals surface area contributed by atoms with Crippen LogP contribution in [0, 0.1) is 5.92 Å². The van der Waals surface area contributed by atoms with E-state index < -0.39 is 0 Å². The zero-order valence-corrected chi connectivity index (χ0v) is 10.5. The fourth-order valence-corrected chi connectivity index (χ4v) is 1.53. The lowest BCUT2D eigenvalue weighted by Gasteiger charge is -2.22. The third-order valence-electron chi connectivity index (χ3n) is 2.33. The molecule has 3 nitrogen and oxygen atoms in total. The maximum Gasteiger partial charge on any atom is 0.234 e. The van der Waals surface area contributed by atoms with Crippen molar-refractivity contribution in [2.75, 3.05) is 6.54 Å². The summed E-state index contributed by atoms with van der Waals surface area (Å²) < 4.78 is 0. The molecule has 0 spiro atoms. The fourth-order valence-electron chi connectivity index (χ4n) is 1.53. The summed E-state index contributed by atoms with van der Waals surface area (Å²) in [7, 11) is 0. The Bertz CT molecular complexity index is 314. The summed E-state index contributed by atoms with van der Waals surface area (Å²) in [6.07, 6.45) is 0. The number of hydrogen-bond acceptors (Lipinski definition) is 2. The standard InChI is InChI=1S/C12H18N2O.ClH/c1-9(2)12(14-11(15)8-13)10-6-4-3-5-7-10;/h3-7,9,12H,8,13H2,1-2H3,(H,14,15);1H. The number of rotatable bonds is 4. The van der Waals surface area contributed by atoms with E-state index in [4.69, 9.17) is 5.73 Å². The summed E-state index contributed by atoms with van der Waals surface area (Å²) in [5, 5.41) is 2.92. The van der Waals surface area contributed by atoms with Crippen molar-refractivity contribution in [3.8, 4) is 0 Å². The van der Waals surface area contributed by atoms with E-state index in [1.165, 1.54) is 0 Å². The summed E-state index contributed by atoms with van der Waals surface area (Å²) in [6.45, 7) is 4.19. The van der Waals surface area contributed by atoms with Crippen molar-refractivity contribution >= 4 is 18.3 Å². The molecular formula is C12H19ClN2O. The minimum atomic E-state index is -0.113. The number of carbonyl (C=O) groups excluding carboxylic acids is 1. The highest BCUT2D eigenvalue weighted by molar-refractivity contribution is 5.85. The van der Waals surface area contributed by atoms with Gasteiger partial charge in [-0.25, -0.2) is 0 Å². The van der Waals surface area contributed by atoms with Gasteiger partial charge in [-0.2, -0.15) is 0 Å². The molecule has 1 aromatic carbocycles. The van der Waals surface area contributed by atoms with Crippen molar-refractivity contribution in [1.29, 1.82) is 0 Å². The van der Waals surface area contributed by atoms with E-state index in [0.29, 0.717) is 5.92 Å². The summed E-state index contributed by atoms with van der Waals surface area (Å²) in [4.78, 5) is 11.3. The molecule has 0 aliphatic rings. The van der Waals surface area contributed by atoms with Gasteiger partial charge in [-0.05, 0) is 11.5 Å². The Hall–Kier alpha value is -1.06. The minimum Gasteiger partial charge on any atom is -0.348 e. The highest BCUT2D eigenvalue weighted by atomic mass is 35.5. The van der Waals surface area contributed by atoms with Gasteiger partial charge in [0, 0.05) is 0 Å². The molecule has 0 aliphatic heterocycles. The molecule has 0 radical (unpaired) electrons. The van der Waals surface area contributed by atoms with Crippen LogP contribution in [0.25, 0.3) is 0 Å². The Balaban J connectivity index is 0.00000225. The average Bonchev–Trinajstić information content (AvgIpc) is 2.26. The highest BCUT2D eigenvalue weighted by Crippen LogP contribution is 2.20. The van der Waals surface area contributed by atoms with E-state index in [1.807, 2.05) is 30.3 Å². The van der Waals surface area contributed by atoms with E-state index in [2.05, 4.69) is 19.2 Å². The maximum absolute atomic E-state index is 11.3. The third kappa shape index (κ3) is 4.21. The van der Waals surface area contributed by atoms with Gasteiger partial charge in [-0.15, -0.1) is 12.4 Å². The number of nitrogens with one attached hydrogen (secondary N) is 1.